The van der Waals surface area contributed by atoms with Gasteiger partial charge in [0.2, 0.25) is 0 Å². The molecule has 0 aliphatic carbocycles. The van der Waals surface area contributed by atoms with E-state index in [4.69, 9.17) is 9.22 Å². The predicted molar refractivity (Wildman–Crippen MR) is 44.6 cm³/mol. The molecule has 0 aliphatic heterocycles. The molecule has 0 aromatic carbocycles. The highest BCUT2D eigenvalue weighted by Crippen LogP contribution is 2.13. The summed E-state index contributed by atoms with van der Waals surface area (Å²) in [4.78, 5) is 20.3. The summed E-state index contributed by atoms with van der Waals surface area (Å²) >= 11 is 0. The van der Waals surface area contributed by atoms with Crippen LogP contribution in [0.5, 0.6) is 0 Å². The SMILES string of the molecule is [2H]C(C[B])CC(CC=O)CC=O. The van der Waals surface area contributed by atoms with Crippen LogP contribution in [0.3, 0.4) is 0 Å². The summed E-state index contributed by atoms with van der Waals surface area (Å²) in [6, 6.07) is 0. The van der Waals surface area contributed by atoms with Gasteiger partial charge in [0.25, 0.3) is 0 Å². The first kappa shape index (κ1) is 8.50. The molecule has 0 aromatic heterocycles. The second-order valence-corrected chi connectivity index (χ2v) is 2.43. The molecular weight excluding hydrogens is 139 g/mol. The van der Waals surface area contributed by atoms with Crippen LogP contribution in [0.1, 0.15) is 27.0 Å². The molecule has 60 valence electrons. The average molecular weight is 153 g/mol. The van der Waals surface area contributed by atoms with Crippen molar-refractivity contribution in [2.45, 2.75) is 32.0 Å². The van der Waals surface area contributed by atoms with E-state index < -0.39 is 0 Å². The Hall–Kier alpha value is -0.595. The van der Waals surface area contributed by atoms with E-state index in [1.165, 1.54) is 0 Å². The zero-order chi connectivity index (χ0) is 9.40. The molecule has 2 nitrogen and oxygen atoms in total. The zero-order valence-electron chi connectivity index (χ0n) is 7.53. The van der Waals surface area contributed by atoms with Crippen LogP contribution in [0, 0.1) is 5.92 Å². The van der Waals surface area contributed by atoms with Crippen molar-refractivity contribution in [3.05, 3.63) is 0 Å². The Bertz CT molecular complexity index is 131. The highest BCUT2D eigenvalue weighted by molar-refractivity contribution is 6.08. The minimum Gasteiger partial charge on any atom is -0.303 e. The van der Waals surface area contributed by atoms with Gasteiger partial charge in [0.05, 0.1) is 7.85 Å². The van der Waals surface area contributed by atoms with Crippen molar-refractivity contribution < 1.29 is 11.0 Å². The van der Waals surface area contributed by atoms with Crippen LogP contribution in [-0.2, 0) is 9.59 Å². The maximum absolute atomic E-state index is 10.2. The lowest BCUT2D eigenvalue weighted by Crippen LogP contribution is -2.01. The molecule has 1 unspecified atom stereocenters. The number of hydrogen-bond donors (Lipinski definition) is 0. The highest BCUT2D eigenvalue weighted by Gasteiger charge is 2.05. The Morgan fingerprint density at radius 2 is 1.91 bits per heavy atom. The molecule has 0 rings (SSSR count). The first-order valence-corrected chi connectivity index (χ1v) is 3.74. The van der Waals surface area contributed by atoms with Gasteiger partial charge in [-0.2, -0.15) is 0 Å². The van der Waals surface area contributed by atoms with Gasteiger partial charge in [-0.15, -0.1) is 0 Å². The van der Waals surface area contributed by atoms with Crippen molar-refractivity contribution in [3.8, 4) is 0 Å². The second-order valence-electron chi connectivity index (χ2n) is 2.43. The zero-order valence-corrected chi connectivity index (χ0v) is 6.53. The van der Waals surface area contributed by atoms with Gasteiger partial charge in [0.15, 0.2) is 0 Å². The largest absolute Gasteiger partial charge is 0.303 e. The van der Waals surface area contributed by atoms with Crippen LogP contribution in [0.25, 0.3) is 0 Å². The summed E-state index contributed by atoms with van der Waals surface area (Å²) in [5.74, 6) is 0.00560. The van der Waals surface area contributed by atoms with Crippen LogP contribution in [0.15, 0.2) is 0 Å². The van der Waals surface area contributed by atoms with E-state index in [9.17, 15) is 9.59 Å². The summed E-state index contributed by atoms with van der Waals surface area (Å²) in [6.45, 7) is 0. The minimum absolute atomic E-state index is 0.00560. The molecule has 0 heterocycles. The average Bonchev–Trinajstić information content (AvgIpc) is 2.05. The van der Waals surface area contributed by atoms with Crippen LogP contribution in [0.4, 0.5) is 0 Å². The second kappa shape index (κ2) is 7.51. The molecule has 0 amide bonds. The third-order valence-corrected chi connectivity index (χ3v) is 1.53. The van der Waals surface area contributed by atoms with Crippen molar-refractivity contribution in [2.24, 2.45) is 5.92 Å². The number of aldehydes is 2. The molecule has 0 N–H and O–H groups in total. The monoisotopic (exact) mass is 153 g/mol. The van der Waals surface area contributed by atoms with Gasteiger partial charge in [-0.05, 0) is 5.92 Å². The Balaban J connectivity index is 3.75. The molecule has 0 saturated heterocycles. The molecule has 0 spiro atoms. The third kappa shape index (κ3) is 5.83. The molecule has 11 heavy (non-hydrogen) atoms. The van der Waals surface area contributed by atoms with Crippen LogP contribution in [0.2, 0.25) is 6.32 Å². The fraction of sp³-hybridized carbons (Fsp3) is 0.750. The van der Waals surface area contributed by atoms with E-state index in [2.05, 4.69) is 0 Å². The maximum Gasteiger partial charge on any atom is 0.120 e. The normalized spacial score (nSPS) is 14.1. The molecule has 3 heteroatoms. The highest BCUT2D eigenvalue weighted by atomic mass is 16.1. The summed E-state index contributed by atoms with van der Waals surface area (Å²) in [7, 11) is 5.25. The van der Waals surface area contributed by atoms with E-state index in [0.717, 1.165) is 12.6 Å². The van der Waals surface area contributed by atoms with Crippen molar-refractivity contribution in [2.75, 3.05) is 0 Å². The van der Waals surface area contributed by atoms with Gasteiger partial charge in [-0.3, -0.25) is 0 Å². The molecule has 0 aliphatic rings. The van der Waals surface area contributed by atoms with Gasteiger partial charge in [-0.25, -0.2) is 0 Å². The summed E-state index contributed by atoms with van der Waals surface area (Å²) in [6.07, 6.45) is 2.76. The number of rotatable bonds is 7. The van der Waals surface area contributed by atoms with Crippen LogP contribution in [-0.4, -0.2) is 20.4 Å². The molecule has 2 radical (unpaired) electrons. The molecule has 1 atom stereocenters. The maximum atomic E-state index is 10.2. The van der Waals surface area contributed by atoms with Crippen molar-refractivity contribution in [1.29, 1.82) is 0 Å². The Labute approximate surface area is 70.2 Å². The Morgan fingerprint density at radius 3 is 2.27 bits per heavy atom. The first-order valence-electron chi connectivity index (χ1n) is 4.31. The summed E-state index contributed by atoms with van der Waals surface area (Å²) in [5.41, 5.74) is 0. The van der Waals surface area contributed by atoms with E-state index in [1.807, 2.05) is 0 Å². The van der Waals surface area contributed by atoms with Gasteiger partial charge in [0.1, 0.15) is 12.6 Å². The standard InChI is InChI=1S/C8H13BO2/c9-5-1-2-8(3-6-10)4-7-11/h6-8H,1-5H2/i1D. The lowest BCUT2D eigenvalue weighted by atomic mass is 9.91. The summed E-state index contributed by atoms with van der Waals surface area (Å²) < 4.78 is 7.35. The van der Waals surface area contributed by atoms with Crippen molar-refractivity contribution in [1.82, 2.24) is 0 Å². The predicted octanol–water partition coefficient (Wildman–Crippen LogP) is 1.15. The first-order chi connectivity index (χ1) is 5.74. The number of carbonyl (C=O) groups is 2. The number of carbonyl (C=O) groups excluding carboxylic acids is 2. The number of hydrogen-bond acceptors (Lipinski definition) is 2. The topological polar surface area (TPSA) is 34.1 Å². The van der Waals surface area contributed by atoms with Gasteiger partial charge >= 0.3 is 0 Å². The quantitative estimate of drug-likeness (QED) is 0.406. The molecular formula is C8H13BO2. The lowest BCUT2D eigenvalue weighted by Gasteiger charge is -2.08. The lowest BCUT2D eigenvalue weighted by molar-refractivity contribution is -0.110. The Kier molecular flexibility index (Phi) is 5.80. The molecule has 0 fully saturated rings. The van der Waals surface area contributed by atoms with Crippen molar-refractivity contribution in [3.63, 3.8) is 0 Å². The van der Waals surface area contributed by atoms with Gasteiger partial charge < -0.3 is 9.59 Å². The van der Waals surface area contributed by atoms with Crippen molar-refractivity contribution >= 4 is 20.4 Å². The fourth-order valence-electron chi connectivity index (χ4n) is 0.893. The van der Waals surface area contributed by atoms with Crippen LogP contribution < -0.4 is 0 Å². The third-order valence-electron chi connectivity index (χ3n) is 1.53. The molecule has 0 saturated carbocycles. The fourth-order valence-corrected chi connectivity index (χ4v) is 0.893. The van der Waals surface area contributed by atoms with Gasteiger partial charge in [-0.1, -0.05) is 19.1 Å². The van der Waals surface area contributed by atoms with E-state index in [-0.39, 0.29) is 18.6 Å². The molecule has 0 aromatic rings. The van der Waals surface area contributed by atoms with E-state index in [0.29, 0.717) is 19.3 Å². The van der Waals surface area contributed by atoms with E-state index in [1.54, 1.807) is 0 Å². The van der Waals surface area contributed by atoms with E-state index >= 15 is 0 Å². The summed E-state index contributed by atoms with van der Waals surface area (Å²) in [5, 5.41) is 0. The van der Waals surface area contributed by atoms with Gasteiger partial charge in [0, 0.05) is 14.2 Å². The molecule has 0 bridgehead atoms. The smallest absolute Gasteiger partial charge is 0.120 e. The Morgan fingerprint density at radius 1 is 1.36 bits per heavy atom. The minimum atomic E-state index is -0.352. The van der Waals surface area contributed by atoms with Crippen LogP contribution >= 0.6 is 0 Å².